The van der Waals surface area contributed by atoms with Gasteiger partial charge in [-0.3, -0.25) is 9.59 Å². The third kappa shape index (κ3) is 4.65. The second kappa shape index (κ2) is 8.34. The van der Waals surface area contributed by atoms with Gasteiger partial charge in [0.1, 0.15) is 6.04 Å². The van der Waals surface area contributed by atoms with Crippen molar-refractivity contribution < 1.29 is 18.0 Å². The van der Waals surface area contributed by atoms with Crippen molar-refractivity contribution in [1.82, 2.24) is 10.2 Å². The van der Waals surface area contributed by atoms with Crippen molar-refractivity contribution in [3.63, 3.8) is 0 Å². The highest BCUT2D eigenvalue weighted by atomic mass is 32.2. The molecule has 3 N–H and O–H groups in total. The largest absolute Gasteiger partial charge is 0.354 e. The molecular weight excluding hydrogens is 390 g/mol. The van der Waals surface area contributed by atoms with Gasteiger partial charge in [0.25, 0.3) is 5.91 Å². The lowest BCUT2D eigenvalue weighted by Gasteiger charge is -2.30. The molecule has 3 rings (SSSR count). The number of nitrogens with one attached hydrogen (secondary N) is 1. The van der Waals surface area contributed by atoms with Gasteiger partial charge in [-0.25, -0.2) is 13.6 Å². The second-order valence-electron chi connectivity index (χ2n) is 7.51. The molecule has 1 heterocycles. The molecule has 0 radical (unpaired) electrons. The van der Waals surface area contributed by atoms with Crippen LogP contribution in [0, 0.1) is 5.92 Å². The summed E-state index contributed by atoms with van der Waals surface area (Å²) in [6.07, 6.45) is 0.537. The van der Waals surface area contributed by atoms with Crippen LogP contribution in [0.2, 0.25) is 0 Å². The SMILES string of the molecule is CC(C)[C@@H](C(=O)NCCc1ccc(S(N)(=O)=O)cc1)N1Cc2ccccc2C1=O. The minimum Gasteiger partial charge on any atom is -0.354 e. The molecule has 0 saturated heterocycles. The summed E-state index contributed by atoms with van der Waals surface area (Å²) < 4.78 is 22.6. The number of nitrogens with zero attached hydrogens (tertiary/aromatic N) is 1. The van der Waals surface area contributed by atoms with Crippen LogP contribution in [-0.2, 0) is 27.8 Å². The van der Waals surface area contributed by atoms with Crippen molar-refractivity contribution >= 4 is 21.8 Å². The summed E-state index contributed by atoms with van der Waals surface area (Å²) in [6.45, 7) is 4.66. The number of primary sulfonamides is 1. The number of benzene rings is 2. The summed E-state index contributed by atoms with van der Waals surface area (Å²) in [5, 5.41) is 8.00. The van der Waals surface area contributed by atoms with E-state index in [2.05, 4.69) is 5.32 Å². The standard InChI is InChI=1S/C21H25N3O4S/c1-14(2)19(24-13-16-5-3-4-6-18(16)21(24)26)20(25)23-12-11-15-7-9-17(10-8-15)29(22,27)28/h3-10,14,19H,11-13H2,1-2H3,(H,23,25)(H2,22,27,28)/t19-/m0/s1. The molecular formula is C21H25N3O4S. The van der Waals surface area contributed by atoms with E-state index in [4.69, 9.17) is 5.14 Å². The average molecular weight is 416 g/mol. The van der Waals surface area contributed by atoms with Gasteiger partial charge in [0.15, 0.2) is 0 Å². The molecule has 154 valence electrons. The minimum atomic E-state index is -3.72. The van der Waals surface area contributed by atoms with E-state index in [1.165, 1.54) is 12.1 Å². The fourth-order valence-corrected chi connectivity index (χ4v) is 4.10. The topological polar surface area (TPSA) is 110 Å². The molecule has 0 fully saturated rings. The molecule has 0 aliphatic carbocycles. The van der Waals surface area contributed by atoms with E-state index in [-0.39, 0.29) is 22.6 Å². The van der Waals surface area contributed by atoms with Gasteiger partial charge in [0.05, 0.1) is 4.90 Å². The van der Waals surface area contributed by atoms with Gasteiger partial charge in [0, 0.05) is 18.7 Å². The van der Waals surface area contributed by atoms with E-state index < -0.39 is 16.1 Å². The molecule has 1 atom stereocenters. The van der Waals surface area contributed by atoms with E-state index in [0.29, 0.717) is 25.1 Å². The van der Waals surface area contributed by atoms with E-state index in [0.717, 1.165) is 11.1 Å². The molecule has 2 aromatic rings. The first-order valence-corrected chi connectivity index (χ1v) is 11.0. The monoisotopic (exact) mass is 415 g/mol. The lowest BCUT2D eigenvalue weighted by atomic mass is 10.0. The van der Waals surface area contributed by atoms with Crippen molar-refractivity contribution in [1.29, 1.82) is 0 Å². The smallest absolute Gasteiger partial charge is 0.255 e. The quantitative estimate of drug-likeness (QED) is 0.717. The van der Waals surface area contributed by atoms with Crippen molar-refractivity contribution in [3.05, 3.63) is 65.2 Å². The number of carbonyl (C=O) groups excluding carboxylic acids is 2. The number of sulfonamides is 1. The molecule has 29 heavy (non-hydrogen) atoms. The number of carbonyl (C=O) groups is 2. The summed E-state index contributed by atoms with van der Waals surface area (Å²) >= 11 is 0. The lowest BCUT2D eigenvalue weighted by Crippen LogP contribution is -2.50. The predicted molar refractivity (Wildman–Crippen MR) is 109 cm³/mol. The second-order valence-corrected chi connectivity index (χ2v) is 9.07. The van der Waals surface area contributed by atoms with E-state index in [9.17, 15) is 18.0 Å². The van der Waals surface area contributed by atoms with Crippen LogP contribution in [0.1, 0.15) is 35.3 Å². The number of amides is 2. The van der Waals surface area contributed by atoms with Crippen LogP contribution in [0.25, 0.3) is 0 Å². The van der Waals surface area contributed by atoms with Crippen LogP contribution < -0.4 is 10.5 Å². The Balaban J connectivity index is 1.62. The van der Waals surface area contributed by atoms with Gasteiger partial charge in [-0.15, -0.1) is 0 Å². The average Bonchev–Trinajstić information content (AvgIpc) is 2.98. The zero-order valence-electron chi connectivity index (χ0n) is 16.5. The van der Waals surface area contributed by atoms with Crippen LogP contribution in [0.3, 0.4) is 0 Å². The van der Waals surface area contributed by atoms with Gasteiger partial charge in [-0.05, 0) is 41.7 Å². The Kier molecular flexibility index (Phi) is 6.04. The number of nitrogens with two attached hydrogens (primary N) is 1. The van der Waals surface area contributed by atoms with E-state index in [1.54, 1.807) is 23.1 Å². The zero-order valence-corrected chi connectivity index (χ0v) is 17.3. The van der Waals surface area contributed by atoms with Gasteiger partial charge in [0.2, 0.25) is 15.9 Å². The summed E-state index contributed by atoms with van der Waals surface area (Å²) in [7, 11) is -3.72. The summed E-state index contributed by atoms with van der Waals surface area (Å²) in [5.41, 5.74) is 2.47. The summed E-state index contributed by atoms with van der Waals surface area (Å²) in [5.74, 6) is -0.349. The molecule has 0 bridgehead atoms. The van der Waals surface area contributed by atoms with Crippen LogP contribution in [-0.4, -0.2) is 37.7 Å². The molecule has 2 amide bonds. The molecule has 0 saturated carbocycles. The van der Waals surface area contributed by atoms with Crippen molar-refractivity contribution in [3.8, 4) is 0 Å². The molecule has 0 unspecified atom stereocenters. The Morgan fingerprint density at radius 1 is 1.14 bits per heavy atom. The van der Waals surface area contributed by atoms with Crippen molar-refractivity contribution in [2.24, 2.45) is 11.1 Å². The fraction of sp³-hybridized carbons (Fsp3) is 0.333. The van der Waals surface area contributed by atoms with Crippen LogP contribution in [0.5, 0.6) is 0 Å². The number of fused-ring (bicyclic) bond motifs is 1. The van der Waals surface area contributed by atoms with E-state index >= 15 is 0 Å². The number of rotatable bonds is 7. The minimum absolute atomic E-state index is 0.0395. The number of hydrogen-bond acceptors (Lipinski definition) is 4. The van der Waals surface area contributed by atoms with Crippen molar-refractivity contribution in [2.75, 3.05) is 6.54 Å². The van der Waals surface area contributed by atoms with E-state index in [1.807, 2.05) is 32.0 Å². The number of hydrogen-bond donors (Lipinski definition) is 2. The summed E-state index contributed by atoms with van der Waals surface area (Å²) in [4.78, 5) is 27.3. The maximum Gasteiger partial charge on any atom is 0.255 e. The molecule has 1 aliphatic rings. The molecule has 7 nitrogen and oxygen atoms in total. The third-order valence-corrected chi connectivity index (χ3v) is 5.98. The maximum atomic E-state index is 12.8. The highest BCUT2D eigenvalue weighted by molar-refractivity contribution is 7.89. The van der Waals surface area contributed by atoms with Crippen molar-refractivity contribution in [2.45, 2.75) is 37.8 Å². The Bertz CT molecular complexity index is 1020. The molecule has 0 spiro atoms. The first-order chi connectivity index (χ1) is 13.7. The first kappa shape index (κ1) is 21.0. The predicted octanol–water partition coefficient (Wildman–Crippen LogP) is 1.67. The van der Waals surface area contributed by atoms with Crippen LogP contribution in [0.4, 0.5) is 0 Å². The third-order valence-electron chi connectivity index (χ3n) is 5.05. The first-order valence-electron chi connectivity index (χ1n) is 9.47. The molecule has 8 heteroatoms. The Morgan fingerprint density at radius 3 is 2.38 bits per heavy atom. The van der Waals surface area contributed by atoms with Gasteiger partial charge < -0.3 is 10.2 Å². The normalized spacial score (nSPS) is 14.8. The lowest BCUT2D eigenvalue weighted by molar-refractivity contribution is -0.127. The van der Waals surface area contributed by atoms with Crippen LogP contribution >= 0.6 is 0 Å². The van der Waals surface area contributed by atoms with Crippen LogP contribution in [0.15, 0.2) is 53.4 Å². The van der Waals surface area contributed by atoms with Gasteiger partial charge in [-0.1, -0.05) is 44.2 Å². The zero-order chi connectivity index (χ0) is 21.2. The Labute approximate surface area is 171 Å². The Morgan fingerprint density at radius 2 is 1.79 bits per heavy atom. The highest BCUT2D eigenvalue weighted by Crippen LogP contribution is 2.27. The summed E-state index contributed by atoms with van der Waals surface area (Å²) in [6, 6.07) is 13.1. The maximum absolute atomic E-state index is 12.8. The highest BCUT2D eigenvalue weighted by Gasteiger charge is 2.37. The fourth-order valence-electron chi connectivity index (χ4n) is 3.59. The Hall–Kier alpha value is -2.71. The molecule has 1 aliphatic heterocycles. The molecule has 0 aromatic heterocycles. The molecule has 2 aromatic carbocycles. The van der Waals surface area contributed by atoms with Gasteiger partial charge in [-0.2, -0.15) is 0 Å². The van der Waals surface area contributed by atoms with Gasteiger partial charge >= 0.3 is 0 Å².